The first-order chi connectivity index (χ1) is 16.5. The molecular weight excluding hydrogens is 431 g/mol. The SMILES string of the molecule is CC1=C(c2ncccc2C)C(c2ccc(OCCN3CC(CF)C3)cc2)Oc2ccc(O)cc21. The third-order valence-corrected chi connectivity index (χ3v) is 6.65. The molecule has 1 atom stereocenters. The third kappa shape index (κ3) is 4.38. The van der Waals surface area contributed by atoms with Gasteiger partial charge in [-0.25, -0.2) is 0 Å². The molecule has 0 amide bonds. The average Bonchev–Trinajstić information content (AvgIpc) is 2.82. The van der Waals surface area contributed by atoms with Crippen molar-refractivity contribution in [1.82, 2.24) is 9.88 Å². The van der Waals surface area contributed by atoms with Crippen molar-refractivity contribution >= 4 is 11.1 Å². The van der Waals surface area contributed by atoms with Gasteiger partial charge in [0, 0.05) is 42.9 Å². The summed E-state index contributed by atoms with van der Waals surface area (Å²) in [7, 11) is 0. The molecule has 1 N–H and O–H groups in total. The highest BCUT2D eigenvalue weighted by molar-refractivity contribution is 5.95. The van der Waals surface area contributed by atoms with Crippen LogP contribution in [0.3, 0.4) is 0 Å². The topological polar surface area (TPSA) is 54.8 Å². The zero-order valence-corrected chi connectivity index (χ0v) is 19.5. The summed E-state index contributed by atoms with van der Waals surface area (Å²) in [4.78, 5) is 6.88. The number of alkyl halides is 1. The molecule has 1 unspecified atom stereocenters. The van der Waals surface area contributed by atoms with Gasteiger partial charge in [0.15, 0.2) is 6.10 Å². The van der Waals surface area contributed by atoms with Crippen LogP contribution in [-0.4, -0.2) is 47.9 Å². The van der Waals surface area contributed by atoms with E-state index in [1.54, 1.807) is 18.3 Å². The number of likely N-dealkylation sites (tertiary alicyclic amines) is 1. The van der Waals surface area contributed by atoms with Crippen molar-refractivity contribution < 1.29 is 19.0 Å². The Balaban J connectivity index is 1.39. The monoisotopic (exact) mass is 460 g/mol. The van der Waals surface area contributed by atoms with Crippen molar-refractivity contribution in [1.29, 1.82) is 0 Å². The lowest BCUT2D eigenvalue weighted by atomic mass is 9.87. The van der Waals surface area contributed by atoms with Crippen LogP contribution in [0.15, 0.2) is 60.8 Å². The summed E-state index contributed by atoms with van der Waals surface area (Å²) in [6, 6.07) is 17.1. The number of halogens is 1. The predicted molar refractivity (Wildman–Crippen MR) is 131 cm³/mol. The second-order valence-corrected chi connectivity index (χ2v) is 9.08. The molecule has 0 spiro atoms. The standard InChI is InChI=1S/C28H29FN2O3/c1-18-4-3-11-30-27(18)26-19(2)24-14-22(32)7-10-25(24)34-28(26)21-5-8-23(9-6-21)33-13-12-31-16-20(15-29)17-31/h3-11,14,20,28,32H,12-13,15-17H2,1-2H3. The fourth-order valence-corrected chi connectivity index (χ4v) is 4.73. The van der Waals surface area contributed by atoms with E-state index in [4.69, 9.17) is 9.47 Å². The summed E-state index contributed by atoms with van der Waals surface area (Å²) in [6.07, 6.45) is 1.46. The van der Waals surface area contributed by atoms with E-state index in [0.29, 0.717) is 6.61 Å². The van der Waals surface area contributed by atoms with Crippen LogP contribution in [0.2, 0.25) is 0 Å². The Hall–Kier alpha value is -3.38. The van der Waals surface area contributed by atoms with Crippen molar-refractivity contribution in [3.8, 4) is 17.2 Å². The number of hydrogen-bond donors (Lipinski definition) is 1. The highest BCUT2D eigenvalue weighted by Gasteiger charge is 2.31. The molecule has 176 valence electrons. The van der Waals surface area contributed by atoms with Crippen LogP contribution in [0, 0.1) is 12.8 Å². The maximum atomic E-state index is 12.6. The first kappa shape index (κ1) is 22.4. The lowest BCUT2D eigenvalue weighted by molar-refractivity contribution is 0.0668. The summed E-state index contributed by atoms with van der Waals surface area (Å²) in [5.74, 6) is 1.93. The maximum Gasteiger partial charge on any atom is 0.151 e. The highest BCUT2D eigenvalue weighted by atomic mass is 19.1. The van der Waals surface area contributed by atoms with Crippen molar-refractivity contribution in [2.45, 2.75) is 20.0 Å². The number of ether oxygens (including phenoxy) is 2. The van der Waals surface area contributed by atoms with E-state index in [1.165, 1.54) is 0 Å². The second-order valence-electron chi connectivity index (χ2n) is 9.08. The van der Waals surface area contributed by atoms with Crippen LogP contribution in [0.4, 0.5) is 4.39 Å². The van der Waals surface area contributed by atoms with E-state index in [0.717, 1.165) is 64.7 Å². The Morgan fingerprint density at radius 1 is 1.12 bits per heavy atom. The average molecular weight is 461 g/mol. The summed E-state index contributed by atoms with van der Waals surface area (Å²) in [5, 5.41) is 10.1. The Morgan fingerprint density at radius 3 is 2.65 bits per heavy atom. The first-order valence-corrected chi connectivity index (χ1v) is 11.7. The highest BCUT2D eigenvalue weighted by Crippen LogP contribution is 2.47. The third-order valence-electron chi connectivity index (χ3n) is 6.65. The molecule has 0 bridgehead atoms. The fraction of sp³-hybridized carbons (Fsp3) is 0.321. The molecule has 5 rings (SSSR count). The molecule has 1 saturated heterocycles. The molecule has 34 heavy (non-hydrogen) atoms. The summed E-state index contributed by atoms with van der Waals surface area (Å²) in [6.45, 7) is 6.88. The number of aromatic hydroxyl groups is 1. The molecule has 3 aromatic rings. The van der Waals surface area contributed by atoms with Gasteiger partial charge in [0.1, 0.15) is 23.9 Å². The van der Waals surface area contributed by atoms with Crippen LogP contribution in [0.5, 0.6) is 17.2 Å². The van der Waals surface area contributed by atoms with Gasteiger partial charge in [0.05, 0.1) is 12.4 Å². The molecule has 6 heteroatoms. The second kappa shape index (κ2) is 9.47. The molecule has 2 aliphatic heterocycles. The van der Waals surface area contributed by atoms with Crippen molar-refractivity contribution in [3.63, 3.8) is 0 Å². The van der Waals surface area contributed by atoms with Crippen molar-refractivity contribution in [2.24, 2.45) is 5.92 Å². The van der Waals surface area contributed by atoms with Gasteiger partial charge in [-0.2, -0.15) is 0 Å². The molecule has 1 fully saturated rings. The van der Waals surface area contributed by atoms with E-state index in [-0.39, 0.29) is 24.4 Å². The predicted octanol–water partition coefficient (Wildman–Crippen LogP) is 5.44. The molecule has 2 aliphatic rings. The number of benzene rings is 2. The maximum absolute atomic E-state index is 12.6. The summed E-state index contributed by atoms with van der Waals surface area (Å²) in [5.41, 5.74) is 5.85. The number of allylic oxidation sites excluding steroid dienone is 1. The molecular formula is C28H29FN2O3. The lowest BCUT2D eigenvalue weighted by Crippen LogP contribution is -2.49. The zero-order valence-electron chi connectivity index (χ0n) is 19.5. The summed E-state index contributed by atoms with van der Waals surface area (Å²) < 4.78 is 25.0. The van der Waals surface area contributed by atoms with Gasteiger partial charge in [-0.05, 0) is 66.9 Å². The largest absolute Gasteiger partial charge is 0.508 e. The van der Waals surface area contributed by atoms with Crippen LogP contribution in [-0.2, 0) is 0 Å². The summed E-state index contributed by atoms with van der Waals surface area (Å²) >= 11 is 0. The number of fused-ring (bicyclic) bond motifs is 1. The number of aryl methyl sites for hydroxylation is 1. The molecule has 0 radical (unpaired) electrons. The Kier molecular flexibility index (Phi) is 6.24. The molecule has 0 aliphatic carbocycles. The minimum atomic E-state index is -0.335. The molecule has 2 aromatic carbocycles. The quantitative estimate of drug-likeness (QED) is 0.509. The van der Waals surface area contributed by atoms with Crippen LogP contribution in [0.25, 0.3) is 11.1 Å². The van der Waals surface area contributed by atoms with E-state index >= 15 is 0 Å². The van der Waals surface area contributed by atoms with E-state index in [2.05, 4.69) is 16.8 Å². The van der Waals surface area contributed by atoms with Crippen LogP contribution in [0.1, 0.15) is 35.4 Å². The molecule has 3 heterocycles. The Morgan fingerprint density at radius 2 is 1.91 bits per heavy atom. The van der Waals surface area contributed by atoms with Crippen LogP contribution >= 0.6 is 0 Å². The van der Waals surface area contributed by atoms with E-state index in [1.807, 2.05) is 49.4 Å². The van der Waals surface area contributed by atoms with E-state index < -0.39 is 0 Å². The minimum absolute atomic E-state index is 0.192. The van der Waals surface area contributed by atoms with Gasteiger partial charge in [-0.1, -0.05) is 18.2 Å². The first-order valence-electron chi connectivity index (χ1n) is 11.7. The van der Waals surface area contributed by atoms with Gasteiger partial charge < -0.3 is 14.6 Å². The number of phenols is 1. The van der Waals surface area contributed by atoms with Gasteiger partial charge in [-0.15, -0.1) is 0 Å². The number of aromatic nitrogens is 1. The normalized spacial score (nSPS) is 18.3. The molecule has 0 saturated carbocycles. The zero-order chi connectivity index (χ0) is 23.7. The number of rotatable bonds is 7. The lowest BCUT2D eigenvalue weighted by Gasteiger charge is -2.37. The number of pyridine rings is 1. The number of nitrogens with zero attached hydrogens (tertiary/aromatic N) is 2. The van der Waals surface area contributed by atoms with Gasteiger partial charge in [-0.3, -0.25) is 14.3 Å². The van der Waals surface area contributed by atoms with Gasteiger partial charge in [0.2, 0.25) is 0 Å². The molecule has 5 nitrogen and oxygen atoms in total. The van der Waals surface area contributed by atoms with Crippen LogP contribution < -0.4 is 9.47 Å². The minimum Gasteiger partial charge on any atom is -0.508 e. The number of phenolic OH excluding ortho intramolecular Hbond substituents is 1. The van der Waals surface area contributed by atoms with Gasteiger partial charge >= 0.3 is 0 Å². The van der Waals surface area contributed by atoms with Crippen molar-refractivity contribution in [3.05, 3.63) is 83.2 Å². The fourth-order valence-electron chi connectivity index (χ4n) is 4.73. The Bertz CT molecular complexity index is 1200. The number of hydrogen-bond acceptors (Lipinski definition) is 5. The Labute approximate surface area is 199 Å². The van der Waals surface area contributed by atoms with E-state index in [9.17, 15) is 9.50 Å². The smallest absolute Gasteiger partial charge is 0.151 e. The van der Waals surface area contributed by atoms with Crippen molar-refractivity contribution in [2.75, 3.05) is 32.9 Å². The van der Waals surface area contributed by atoms with Gasteiger partial charge in [0.25, 0.3) is 0 Å². The molecule has 1 aromatic heterocycles.